The maximum Gasteiger partial charge on any atom is 0.256 e. The molecule has 0 aliphatic rings. The number of hydrogen-bond donors (Lipinski definition) is 1. The molecule has 1 aromatic heterocycles. The molecule has 1 N–H and O–H groups in total. The van der Waals surface area contributed by atoms with Crippen LogP contribution in [0.1, 0.15) is 10.4 Å². The highest BCUT2D eigenvalue weighted by atomic mass is 79.9. The third kappa shape index (κ3) is 3.33. The van der Waals surface area contributed by atoms with Crippen LogP contribution in [0.5, 0.6) is 0 Å². The lowest BCUT2D eigenvalue weighted by Crippen LogP contribution is -2.18. The number of nitrogens with one attached hydrogen (secondary N) is 1. The number of benzene rings is 1. The molecule has 0 spiro atoms. The first kappa shape index (κ1) is 14.0. The standard InChI is InChI=1S/C13H10Br2N2O2/c1-17-7-9(3-5-12(17)18)16-13(19)10-6-8(14)2-4-11(10)15/h2-7H,1H3,(H,16,19). The van der Waals surface area contributed by atoms with Gasteiger partial charge in [-0.25, -0.2) is 0 Å². The number of carbonyl (C=O) groups is 1. The van der Waals surface area contributed by atoms with Gasteiger partial charge in [0.2, 0.25) is 5.56 Å². The van der Waals surface area contributed by atoms with E-state index >= 15 is 0 Å². The van der Waals surface area contributed by atoms with Crippen LogP contribution < -0.4 is 10.9 Å². The number of hydrogen-bond acceptors (Lipinski definition) is 2. The molecule has 6 heteroatoms. The molecule has 0 bridgehead atoms. The zero-order valence-corrected chi connectivity index (χ0v) is 13.2. The highest BCUT2D eigenvalue weighted by molar-refractivity contribution is 9.11. The van der Waals surface area contributed by atoms with Crippen LogP contribution in [-0.4, -0.2) is 10.5 Å². The minimum atomic E-state index is -0.244. The van der Waals surface area contributed by atoms with Crippen molar-refractivity contribution in [1.82, 2.24) is 4.57 Å². The molecule has 0 radical (unpaired) electrons. The van der Waals surface area contributed by atoms with E-state index < -0.39 is 0 Å². The molecule has 1 amide bonds. The molecule has 1 heterocycles. The Morgan fingerprint density at radius 2 is 1.95 bits per heavy atom. The average Bonchev–Trinajstić information content (AvgIpc) is 2.36. The molecule has 0 unspecified atom stereocenters. The molecule has 2 aromatic rings. The monoisotopic (exact) mass is 384 g/mol. The van der Waals surface area contributed by atoms with Crippen LogP contribution in [0, 0.1) is 0 Å². The summed E-state index contributed by atoms with van der Waals surface area (Å²) < 4.78 is 2.94. The van der Waals surface area contributed by atoms with E-state index in [1.165, 1.54) is 10.6 Å². The predicted molar refractivity (Wildman–Crippen MR) is 81.5 cm³/mol. The molecule has 19 heavy (non-hydrogen) atoms. The van der Waals surface area contributed by atoms with Crippen LogP contribution in [-0.2, 0) is 7.05 Å². The SMILES string of the molecule is Cn1cc(NC(=O)c2cc(Br)ccc2Br)ccc1=O. The van der Waals surface area contributed by atoms with Gasteiger partial charge in [0.1, 0.15) is 0 Å². The molecular weight excluding hydrogens is 376 g/mol. The number of aryl methyl sites for hydroxylation is 1. The Morgan fingerprint density at radius 1 is 1.21 bits per heavy atom. The van der Waals surface area contributed by atoms with Crippen LogP contribution >= 0.6 is 31.9 Å². The topological polar surface area (TPSA) is 51.1 Å². The first-order valence-corrected chi connectivity index (χ1v) is 6.99. The van der Waals surface area contributed by atoms with Gasteiger partial charge in [-0.15, -0.1) is 0 Å². The molecule has 0 fully saturated rings. The third-order valence-electron chi connectivity index (χ3n) is 2.52. The van der Waals surface area contributed by atoms with Gasteiger partial charge in [0, 0.05) is 28.3 Å². The summed E-state index contributed by atoms with van der Waals surface area (Å²) in [4.78, 5) is 23.4. The van der Waals surface area contributed by atoms with Gasteiger partial charge in [-0.3, -0.25) is 9.59 Å². The molecule has 0 aliphatic heterocycles. The fraction of sp³-hybridized carbons (Fsp3) is 0.0769. The van der Waals surface area contributed by atoms with Crippen molar-refractivity contribution in [2.75, 3.05) is 5.32 Å². The quantitative estimate of drug-likeness (QED) is 0.863. The summed E-state index contributed by atoms with van der Waals surface area (Å²) in [6.45, 7) is 0. The largest absolute Gasteiger partial charge is 0.321 e. The van der Waals surface area contributed by atoms with Gasteiger partial charge in [-0.2, -0.15) is 0 Å². The van der Waals surface area contributed by atoms with Crippen molar-refractivity contribution >= 4 is 43.5 Å². The zero-order valence-electron chi connectivity index (χ0n) is 9.98. The van der Waals surface area contributed by atoms with E-state index in [4.69, 9.17) is 0 Å². The number of carbonyl (C=O) groups excluding carboxylic acids is 1. The maximum absolute atomic E-state index is 12.1. The van der Waals surface area contributed by atoms with Crippen LogP contribution in [0.2, 0.25) is 0 Å². The van der Waals surface area contributed by atoms with Crippen molar-refractivity contribution in [2.24, 2.45) is 7.05 Å². The Labute approximate surface area is 126 Å². The second-order valence-corrected chi connectivity index (χ2v) is 5.72. The fourth-order valence-corrected chi connectivity index (χ4v) is 2.33. The predicted octanol–water partition coefficient (Wildman–Crippen LogP) is 3.16. The second kappa shape index (κ2) is 5.71. The van der Waals surface area contributed by atoms with Gasteiger partial charge in [0.25, 0.3) is 5.91 Å². The summed E-state index contributed by atoms with van der Waals surface area (Å²) >= 11 is 6.66. The third-order valence-corrected chi connectivity index (χ3v) is 3.70. The van der Waals surface area contributed by atoms with Gasteiger partial charge in [0.15, 0.2) is 0 Å². The number of pyridine rings is 1. The molecule has 98 valence electrons. The van der Waals surface area contributed by atoms with Crippen LogP contribution in [0.25, 0.3) is 0 Å². The minimum absolute atomic E-state index is 0.123. The van der Waals surface area contributed by atoms with Crippen LogP contribution in [0.15, 0.2) is 50.3 Å². The number of rotatable bonds is 2. The molecule has 1 aromatic carbocycles. The first-order chi connectivity index (χ1) is 8.97. The lowest BCUT2D eigenvalue weighted by Gasteiger charge is -2.08. The summed E-state index contributed by atoms with van der Waals surface area (Å²) in [5.74, 6) is -0.244. The number of aromatic nitrogens is 1. The first-order valence-electron chi connectivity index (χ1n) is 5.40. The van der Waals surface area contributed by atoms with E-state index in [0.29, 0.717) is 15.7 Å². The van der Waals surface area contributed by atoms with E-state index in [1.807, 2.05) is 6.07 Å². The van der Waals surface area contributed by atoms with Gasteiger partial charge in [0.05, 0.1) is 11.3 Å². The van der Waals surface area contributed by atoms with Crippen molar-refractivity contribution in [3.8, 4) is 0 Å². The van der Waals surface area contributed by atoms with E-state index in [1.54, 1.807) is 31.4 Å². The Balaban J connectivity index is 2.28. The number of nitrogens with zero attached hydrogens (tertiary/aromatic N) is 1. The summed E-state index contributed by atoms with van der Waals surface area (Å²) in [6.07, 6.45) is 1.58. The normalized spacial score (nSPS) is 10.3. The highest BCUT2D eigenvalue weighted by Gasteiger charge is 2.11. The van der Waals surface area contributed by atoms with E-state index in [0.717, 1.165) is 4.47 Å². The van der Waals surface area contributed by atoms with Crippen molar-refractivity contribution in [2.45, 2.75) is 0 Å². The highest BCUT2D eigenvalue weighted by Crippen LogP contribution is 2.22. The summed E-state index contributed by atoms with van der Waals surface area (Å²) in [6, 6.07) is 8.34. The second-order valence-electron chi connectivity index (χ2n) is 3.95. The maximum atomic E-state index is 12.1. The van der Waals surface area contributed by atoms with E-state index in [2.05, 4.69) is 37.2 Å². The summed E-state index contributed by atoms with van der Waals surface area (Å²) in [5.41, 5.74) is 0.962. The molecule has 0 saturated carbocycles. The lowest BCUT2D eigenvalue weighted by molar-refractivity contribution is 0.102. The zero-order chi connectivity index (χ0) is 14.0. The van der Waals surface area contributed by atoms with E-state index in [-0.39, 0.29) is 11.5 Å². The summed E-state index contributed by atoms with van der Waals surface area (Å²) in [7, 11) is 1.63. The smallest absolute Gasteiger partial charge is 0.256 e. The van der Waals surface area contributed by atoms with Gasteiger partial charge >= 0.3 is 0 Å². The van der Waals surface area contributed by atoms with Crippen LogP contribution in [0.3, 0.4) is 0 Å². The fourth-order valence-electron chi connectivity index (χ4n) is 1.54. The van der Waals surface area contributed by atoms with Gasteiger partial charge in [-0.05, 0) is 40.2 Å². The Hall–Kier alpha value is -1.40. The van der Waals surface area contributed by atoms with E-state index in [9.17, 15) is 9.59 Å². The Morgan fingerprint density at radius 3 is 2.63 bits per heavy atom. The molecule has 0 saturated heterocycles. The number of amides is 1. The van der Waals surface area contributed by atoms with Gasteiger partial charge in [-0.1, -0.05) is 15.9 Å². The lowest BCUT2D eigenvalue weighted by atomic mass is 10.2. The van der Waals surface area contributed by atoms with Crippen molar-refractivity contribution < 1.29 is 4.79 Å². The number of anilines is 1. The molecule has 4 nitrogen and oxygen atoms in total. The van der Waals surface area contributed by atoms with Crippen LogP contribution in [0.4, 0.5) is 5.69 Å². The number of halogens is 2. The van der Waals surface area contributed by atoms with Crippen molar-refractivity contribution in [3.63, 3.8) is 0 Å². The molecule has 0 aliphatic carbocycles. The van der Waals surface area contributed by atoms with Gasteiger partial charge < -0.3 is 9.88 Å². The average molecular weight is 386 g/mol. The van der Waals surface area contributed by atoms with Crippen molar-refractivity contribution in [1.29, 1.82) is 0 Å². The summed E-state index contributed by atoms with van der Waals surface area (Å²) in [5, 5.41) is 2.74. The Kier molecular flexibility index (Phi) is 4.21. The molecule has 2 rings (SSSR count). The Bertz CT molecular complexity index is 695. The molecular formula is C13H10Br2N2O2. The minimum Gasteiger partial charge on any atom is -0.321 e. The van der Waals surface area contributed by atoms with Crippen molar-refractivity contribution in [3.05, 3.63) is 61.4 Å². The molecule has 0 atom stereocenters.